The Bertz CT molecular complexity index is 628. The molecule has 0 radical (unpaired) electrons. The first-order valence-electron chi connectivity index (χ1n) is 8.16. The number of rotatable bonds is 5. The van der Waals surface area contributed by atoms with Crippen LogP contribution < -0.4 is 9.64 Å². The molecule has 0 saturated carbocycles. The highest BCUT2D eigenvalue weighted by atomic mass is 16.5. The topological polar surface area (TPSA) is 54.6 Å². The van der Waals surface area contributed by atoms with Crippen molar-refractivity contribution < 1.29 is 9.26 Å². The molecular formula is C17H24N4O2. The van der Waals surface area contributed by atoms with Crippen LogP contribution in [-0.2, 0) is 6.54 Å². The number of hydrogen-bond donors (Lipinski definition) is 0. The molecule has 3 heterocycles. The number of hydrogen-bond acceptors (Lipinski definition) is 6. The zero-order valence-corrected chi connectivity index (χ0v) is 14.1. The maximum atomic E-state index is 5.49. The highest BCUT2D eigenvalue weighted by Crippen LogP contribution is 2.20. The fourth-order valence-corrected chi connectivity index (χ4v) is 2.89. The Morgan fingerprint density at radius 3 is 2.61 bits per heavy atom. The van der Waals surface area contributed by atoms with Crippen molar-refractivity contribution in [2.45, 2.75) is 27.3 Å². The molecule has 23 heavy (non-hydrogen) atoms. The van der Waals surface area contributed by atoms with Crippen molar-refractivity contribution in [3.05, 3.63) is 35.2 Å². The molecule has 2 aromatic rings. The molecule has 0 bridgehead atoms. The molecule has 2 aromatic heterocycles. The minimum absolute atomic E-state index is 0.641. The lowest BCUT2D eigenvalue weighted by Gasteiger charge is -2.35. The van der Waals surface area contributed by atoms with E-state index in [1.807, 2.05) is 39.0 Å². The number of anilines is 1. The molecule has 3 rings (SSSR count). The summed E-state index contributed by atoms with van der Waals surface area (Å²) in [6, 6.07) is 5.96. The second kappa shape index (κ2) is 7.00. The van der Waals surface area contributed by atoms with Crippen LogP contribution in [0.2, 0.25) is 0 Å². The summed E-state index contributed by atoms with van der Waals surface area (Å²) < 4.78 is 10.7. The number of aromatic nitrogens is 2. The molecule has 1 saturated heterocycles. The zero-order valence-electron chi connectivity index (χ0n) is 14.1. The van der Waals surface area contributed by atoms with Gasteiger partial charge in [-0.1, -0.05) is 11.2 Å². The largest absolute Gasteiger partial charge is 0.478 e. The summed E-state index contributed by atoms with van der Waals surface area (Å²) >= 11 is 0. The summed E-state index contributed by atoms with van der Waals surface area (Å²) in [5, 5.41) is 4.04. The van der Waals surface area contributed by atoms with Gasteiger partial charge in [0.25, 0.3) is 0 Å². The Hall–Kier alpha value is -2.08. The molecule has 124 valence electrons. The van der Waals surface area contributed by atoms with E-state index in [2.05, 4.69) is 19.9 Å². The monoisotopic (exact) mass is 316 g/mol. The second-order valence-electron chi connectivity index (χ2n) is 5.83. The predicted octanol–water partition coefficient (Wildman–Crippen LogP) is 2.41. The maximum Gasteiger partial charge on any atom is 0.215 e. The van der Waals surface area contributed by atoms with Gasteiger partial charge in [0.15, 0.2) is 0 Å². The third-order valence-electron chi connectivity index (χ3n) is 4.26. The van der Waals surface area contributed by atoms with Gasteiger partial charge < -0.3 is 14.2 Å². The first-order chi connectivity index (χ1) is 11.2. The van der Waals surface area contributed by atoms with Gasteiger partial charge in [-0.3, -0.25) is 4.90 Å². The van der Waals surface area contributed by atoms with Crippen LogP contribution in [0.15, 0.2) is 22.7 Å². The van der Waals surface area contributed by atoms with Gasteiger partial charge in [-0.05, 0) is 26.8 Å². The van der Waals surface area contributed by atoms with Crippen LogP contribution in [0.1, 0.15) is 23.9 Å². The van der Waals surface area contributed by atoms with Crippen molar-refractivity contribution >= 4 is 5.82 Å². The van der Waals surface area contributed by atoms with Crippen molar-refractivity contribution in [1.29, 1.82) is 0 Å². The summed E-state index contributed by atoms with van der Waals surface area (Å²) in [4.78, 5) is 9.33. The van der Waals surface area contributed by atoms with Crippen LogP contribution in [-0.4, -0.2) is 47.8 Å². The van der Waals surface area contributed by atoms with Gasteiger partial charge >= 0.3 is 0 Å². The number of aryl methyl sites for hydroxylation is 2. The Kier molecular flexibility index (Phi) is 4.81. The van der Waals surface area contributed by atoms with Crippen molar-refractivity contribution in [3.63, 3.8) is 0 Å². The molecule has 6 nitrogen and oxygen atoms in total. The van der Waals surface area contributed by atoms with Gasteiger partial charge in [0.05, 0.1) is 12.3 Å². The molecule has 0 unspecified atom stereocenters. The summed E-state index contributed by atoms with van der Waals surface area (Å²) in [6.45, 7) is 11.4. The molecule has 0 N–H and O–H groups in total. The maximum absolute atomic E-state index is 5.49. The van der Waals surface area contributed by atoms with Gasteiger partial charge in [0.2, 0.25) is 5.88 Å². The molecule has 1 aliphatic heterocycles. The Labute approximate surface area is 137 Å². The van der Waals surface area contributed by atoms with E-state index >= 15 is 0 Å². The predicted molar refractivity (Wildman–Crippen MR) is 88.9 cm³/mol. The highest BCUT2D eigenvalue weighted by Gasteiger charge is 2.20. The third kappa shape index (κ3) is 3.64. The van der Waals surface area contributed by atoms with Crippen LogP contribution >= 0.6 is 0 Å². The first-order valence-corrected chi connectivity index (χ1v) is 8.16. The summed E-state index contributed by atoms with van der Waals surface area (Å²) in [7, 11) is 0. The van der Waals surface area contributed by atoms with E-state index in [1.54, 1.807) is 0 Å². The lowest BCUT2D eigenvalue weighted by Crippen LogP contribution is -2.46. The molecule has 0 atom stereocenters. The van der Waals surface area contributed by atoms with Crippen molar-refractivity contribution in [2.24, 2.45) is 0 Å². The molecule has 1 fully saturated rings. The van der Waals surface area contributed by atoms with E-state index in [0.29, 0.717) is 12.5 Å². The number of nitrogens with zero attached hydrogens (tertiary/aromatic N) is 4. The van der Waals surface area contributed by atoms with Crippen LogP contribution in [0.3, 0.4) is 0 Å². The van der Waals surface area contributed by atoms with Gasteiger partial charge in [-0.15, -0.1) is 0 Å². The van der Waals surface area contributed by atoms with Crippen molar-refractivity contribution in [1.82, 2.24) is 15.0 Å². The minimum Gasteiger partial charge on any atom is -0.478 e. The summed E-state index contributed by atoms with van der Waals surface area (Å²) in [5.41, 5.74) is 2.21. The van der Waals surface area contributed by atoms with Crippen LogP contribution in [0.4, 0.5) is 5.82 Å². The van der Waals surface area contributed by atoms with Crippen LogP contribution in [0.25, 0.3) is 0 Å². The van der Waals surface area contributed by atoms with Gasteiger partial charge in [-0.25, -0.2) is 0 Å². The van der Waals surface area contributed by atoms with E-state index in [4.69, 9.17) is 9.26 Å². The Morgan fingerprint density at radius 1 is 1.17 bits per heavy atom. The summed E-state index contributed by atoms with van der Waals surface area (Å²) in [6.07, 6.45) is 0. The van der Waals surface area contributed by atoms with E-state index in [0.717, 1.165) is 50.0 Å². The fourth-order valence-electron chi connectivity index (χ4n) is 2.89. The SMILES string of the molecule is CCOc1cccc(N2CCN(Cc3c(C)noc3C)CC2)n1. The zero-order chi connectivity index (χ0) is 16.2. The molecule has 1 aliphatic rings. The minimum atomic E-state index is 0.641. The van der Waals surface area contributed by atoms with E-state index in [9.17, 15) is 0 Å². The smallest absolute Gasteiger partial charge is 0.215 e. The first kappa shape index (κ1) is 15.8. The fraction of sp³-hybridized carbons (Fsp3) is 0.529. The van der Waals surface area contributed by atoms with Gasteiger partial charge in [0.1, 0.15) is 11.6 Å². The van der Waals surface area contributed by atoms with Gasteiger partial charge in [-0.2, -0.15) is 4.98 Å². The molecular weight excluding hydrogens is 292 g/mol. The standard InChI is InChI=1S/C17H24N4O2/c1-4-22-17-7-5-6-16(18-17)21-10-8-20(9-11-21)12-15-13(2)19-23-14(15)3/h5-7H,4,8-12H2,1-3H3. The molecule has 6 heteroatoms. The average Bonchev–Trinajstić information content (AvgIpc) is 2.88. The van der Waals surface area contributed by atoms with E-state index in [1.165, 1.54) is 5.56 Å². The number of piperazine rings is 1. The highest BCUT2D eigenvalue weighted by molar-refractivity contribution is 5.41. The van der Waals surface area contributed by atoms with Crippen molar-refractivity contribution in [3.8, 4) is 5.88 Å². The summed E-state index contributed by atoms with van der Waals surface area (Å²) in [5.74, 6) is 2.62. The molecule has 0 aliphatic carbocycles. The van der Waals surface area contributed by atoms with Crippen molar-refractivity contribution in [2.75, 3.05) is 37.7 Å². The van der Waals surface area contributed by atoms with E-state index < -0.39 is 0 Å². The number of pyridine rings is 1. The van der Waals surface area contributed by atoms with E-state index in [-0.39, 0.29) is 0 Å². The quantitative estimate of drug-likeness (QED) is 0.844. The average molecular weight is 316 g/mol. The van der Waals surface area contributed by atoms with Gasteiger partial charge in [0, 0.05) is 44.4 Å². The van der Waals surface area contributed by atoms with Crippen LogP contribution in [0.5, 0.6) is 5.88 Å². The lowest BCUT2D eigenvalue weighted by molar-refractivity contribution is 0.247. The Balaban J connectivity index is 1.59. The second-order valence-corrected chi connectivity index (χ2v) is 5.83. The lowest BCUT2D eigenvalue weighted by atomic mass is 10.2. The Morgan fingerprint density at radius 2 is 1.96 bits per heavy atom. The normalized spacial score (nSPS) is 15.9. The molecule has 0 amide bonds. The number of ether oxygens (including phenoxy) is 1. The molecule has 0 spiro atoms. The van der Waals surface area contributed by atoms with Crippen LogP contribution in [0, 0.1) is 13.8 Å². The third-order valence-corrected chi connectivity index (χ3v) is 4.26. The molecule has 0 aromatic carbocycles.